The molecule has 1 saturated heterocycles. The molecule has 1 aromatic rings. The van der Waals surface area contributed by atoms with Crippen LogP contribution in [0.5, 0.6) is 0 Å². The lowest BCUT2D eigenvalue weighted by atomic mass is 9.97. The fourth-order valence-corrected chi connectivity index (χ4v) is 8.45. The molecule has 1 aromatic heterocycles. The number of H-pyrrole nitrogens is 1. The molecule has 368 valence electrons. The van der Waals surface area contributed by atoms with Crippen molar-refractivity contribution in [2.24, 2.45) is 23.7 Å². The lowest BCUT2D eigenvalue weighted by molar-refractivity contribution is -0.145. The van der Waals surface area contributed by atoms with E-state index >= 15 is 0 Å². The Labute approximate surface area is 394 Å². The number of thioether (sulfide) groups is 2. The maximum atomic E-state index is 12.8. The summed E-state index contributed by atoms with van der Waals surface area (Å²) in [5.74, 6) is 0.678. The Morgan fingerprint density at radius 2 is 1.32 bits per heavy atom. The lowest BCUT2D eigenvalue weighted by Crippen LogP contribution is -2.54. The Kier molecular flexibility index (Phi) is 25.3. The van der Waals surface area contributed by atoms with Gasteiger partial charge in [0.15, 0.2) is 0 Å². The van der Waals surface area contributed by atoms with Crippen molar-refractivity contribution in [3.63, 3.8) is 0 Å². The predicted molar refractivity (Wildman–Crippen MR) is 254 cm³/mol. The number of ether oxygens (including phenoxy) is 1. The van der Waals surface area contributed by atoms with E-state index < -0.39 is 30.1 Å². The van der Waals surface area contributed by atoms with Crippen molar-refractivity contribution < 1.29 is 43.4 Å². The van der Waals surface area contributed by atoms with Crippen LogP contribution in [0.25, 0.3) is 0 Å². The van der Waals surface area contributed by atoms with Gasteiger partial charge in [0, 0.05) is 56.6 Å². The fraction of sp³-hybridized carbons (Fsp3) is 0.778. The van der Waals surface area contributed by atoms with Crippen molar-refractivity contribution in [2.45, 2.75) is 129 Å². The van der Waals surface area contributed by atoms with Crippen LogP contribution in [0.3, 0.4) is 0 Å². The Hall–Kier alpha value is -3.88. The number of aromatic nitrogens is 2. The molecular weight excluding hydrogens is 875 g/mol. The number of imidazole rings is 1. The molecule has 2 aliphatic carbocycles. The van der Waals surface area contributed by atoms with Crippen LogP contribution in [0.1, 0.15) is 97.6 Å². The summed E-state index contributed by atoms with van der Waals surface area (Å²) >= 11 is 3.16. The van der Waals surface area contributed by atoms with Crippen molar-refractivity contribution in [3.8, 4) is 0 Å². The molecular formula is C45H77N9O9S2. The van der Waals surface area contributed by atoms with Gasteiger partial charge in [0.05, 0.1) is 32.9 Å². The molecule has 3 fully saturated rings. The molecule has 18 nitrogen and oxygen atoms in total. The average Bonchev–Trinajstić information content (AvgIpc) is 4.18. The highest BCUT2D eigenvalue weighted by atomic mass is 32.2. The van der Waals surface area contributed by atoms with Crippen molar-refractivity contribution >= 4 is 65.0 Å². The van der Waals surface area contributed by atoms with Crippen LogP contribution in [-0.2, 0) is 44.7 Å². The molecule has 2 saturated carbocycles. The van der Waals surface area contributed by atoms with Gasteiger partial charge in [0.25, 0.3) is 0 Å². The zero-order valence-corrected chi connectivity index (χ0v) is 41.3. The summed E-state index contributed by atoms with van der Waals surface area (Å²) in [6.45, 7) is 11.3. The van der Waals surface area contributed by atoms with Gasteiger partial charge in [-0.15, -0.1) is 0 Å². The van der Waals surface area contributed by atoms with Gasteiger partial charge in [-0.2, -0.15) is 23.5 Å². The van der Waals surface area contributed by atoms with Crippen LogP contribution in [0.4, 0.5) is 0 Å². The quantitative estimate of drug-likeness (QED) is 0.0529. The molecule has 0 bridgehead atoms. The number of aliphatic carboxylic acids is 1. The topological polar surface area (TPSA) is 244 Å². The molecule has 1 aliphatic heterocycles. The number of esters is 1. The van der Waals surface area contributed by atoms with E-state index in [1.807, 2.05) is 17.4 Å². The number of methoxy groups -OCH3 is 1. The SMILES string of the molecule is CC[C@H](C)[C@@H](CN(CC(=O)N[C@@H](CCSC)C(=O)O)CC1CC1)NC(=O)[C@@H]1CCC(=O)N1.CC[C@H](C)[C@@H](CN(CC(=O)N[C@@H](CCSC)C(=O)OC)CC1CC1)NC(=O)Cc1cnc[nH]1. The first-order valence-corrected chi connectivity index (χ1v) is 26.1. The second-order valence-electron chi connectivity index (χ2n) is 17.9. The number of carboxylic acid groups (broad SMARTS) is 1. The van der Waals surface area contributed by atoms with Gasteiger partial charge in [-0.3, -0.25) is 33.8 Å². The molecule has 4 rings (SSSR count). The Bertz CT molecular complexity index is 1650. The molecule has 3 aliphatic rings. The number of amides is 5. The number of nitrogens with one attached hydrogen (secondary N) is 6. The van der Waals surface area contributed by atoms with E-state index in [1.54, 1.807) is 36.0 Å². The van der Waals surface area contributed by atoms with Crippen molar-refractivity contribution in [3.05, 3.63) is 18.2 Å². The van der Waals surface area contributed by atoms with Gasteiger partial charge < -0.3 is 41.4 Å². The largest absolute Gasteiger partial charge is 0.480 e. The third kappa shape index (κ3) is 22.0. The highest BCUT2D eigenvalue weighted by molar-refractivity contribution is 7.98. The van der Waals surface area contributed by atoms with Crippen LogP contribution in [0.15, 0.2) is 12.5 Å². The van der Waals surface area contributed by atoms with Gasteiger partial charge in [-0.25, -0.2) is 14.6 Å². The molecule has 65 heavy (non-hydrogen) atoms. The first kappa shape index (κ1) is 55.4. The zero-order chi connectivity index (χ0) is 47.9. The summed E-state index contributed by atoms with van der Waals surface area (Å²) in [4.78, 5) is 96.9. The van der Waals surface area contributed by atoms with E-state index in [0.29, 0.717) is 56.4 Å². The molecule has 20 heteroatoms. The van der Waals surface area contributed by atoms with Crippen molar-refractivity contribution in [1.82, 2.24) is 46.4 Å². The summed E-state index contributed by atoms with van der Waals surface area (Å²) in [5.41, 5.74) is 0.767. The third-order valence-corrected chi connectivity index (χ3v) is 13.6. The molecule has 0 spiro atoms. The van der Waals surface area contributed by atoms with E-state index in [9.17, 15) is 38.7 Å². The molecule has 7 atom stereocenters. The second-order valence-corrected chi connectivity index (χ2v) is 19.9. The number of carbonyl (C=O) groups excluding carboxylic acids is 6. The number of aromatic amines is 1. The van der Waals surface area contributed by atoms with Gasteiger partial charge in [0.2, 0.25) is 29.5 Å². The number of hydrogen-bond donors (Lipinski definition) is 7. The number of rotatable bonds is 31. The minimum absolute atomic E-state index is 0.0665. The predicted octanol–water partition coefficient (Wildman–Crippen LogP) is 2.44. The first-order valence-electron chi connectivity index (χ1n) is 23.3. The van der Waals surface area contributed by atoms with Crippen LogP contribution in [0, 0.1) is 23.7 Å². The minimum Gasteiger partial charge on any atom is -0.480 e. The summed E-state index contributed by atoms with van der Waals surface area (Å²) < 4.78 is 4.86. The Morgan fingerprint density at radius 1 is 0.800 bits per heavy atom. The van der Waals surface area contributed by atoms with Crippen LogP contribution >= 0.6 is 23.5 Å². The number of carboxylic acids is 1. The maximum Gasteiger partial charge on any atom is 0.328 e. The van der Waals surface area contributed by atoms with Crippen LogP contribution in [0.2, 0.25) is 0 Å². The standard InChI is InChI=1S/C23H39N5O4S.C22H38N4O5S/c1-5-16(2)20(27-21(29)10-18-11-24-15-25-18)13-28(12-17-6-7-17)14-22(30)26-19(8-9-33-4)23(31)32-3;1-4-14(2)18(25-21(29)16-7-8-19(27)23-16)12-26(11-15-5-6-15)13-20(28)24-17(22(30)31)9-10-32-3/h11,15-17,19-20H,5-10,12-14H2,1-4H3,(H,24,25)(H,26,30)(H,27,29);14-18H,4-13H2,1-3H3,(H,23,27)(H,24,28)(H,25,29)(H,30,31)/t16-,19-,20+;14-,16-,17-,18+/m00/s1. The van der Waals surface area contributed by atoms with E-state index in [-0.39, 0.29) is 73.0 Å². The molecule has 5 amide bonds. The highest BCUT2D eigenvalue weighted by Gasteiger charge is 2.34. The monoisotopic (exact) mass is 952 g/mol. The molecule has 0 radical (unpaired) electrons. The van der Waals surface area contributed by atoms with Gasteiger partial charge in [-0.1, -0.05) is 40.5 Å². The van der Waals surface area contributed by atoms with E-state index in [0.717, 1.165) is 63.1 Å². The minimum atomic E-state index is -1.02. The van der Waals surface area contributed by atoms with E-state index in [2.05, 4.69) is 69.1 Å². The van der Waals surface area contributed by atoms with E-state index in [4.69, 9.17) is 4.74 Å². The average molecular weight is 952 g/mol. The Balaban J connectivity index is 0.000000345. The van der Waals surface area contributed by atoms with Gasteiger partial charge >= 0.3 is 11.9 Å². The highest BCUT2D eigenvalue weighted by Crippen LogP contribution is 2.31. The summed E-state index contributed by atoms with van der Waals surface area (Å²) in [6.07, 6.45) is 15.4. The third-order valence-electron chi connectivity index (χ3n) is 12.3. The van der Waals surface area contributed by atoms with Gasteiger partial charge in [-0.05, 0) is 92.6 Å². The summed E-state index contributed by atoms with van der Waals surface area (Å²) in [6, 6.07) is -2.28. The van der Waals surface area contributed by atoms with Crippen molar-refractivity contribution in [2.75, 3.05) is 70.4 Å². The van der Waals surface area contributed by atoms with E-state index in [1.165, 1.54) is 7.11 Å². The summed E-state index contributed by atoms with van der Waals surface area (Å²) in [7, 11) is 1.34. The zero-order valence-electron chi connectivity index (χ0n) is 39.7. The van der Waals surface area contributed by atoms with Crippen LogP contribution < -0.4 is 26.6 Å². The van der Waals surface area contributed by atoms with Crippen LogP contribution in [-0.4, -0.2) is 167 Å². The molecule has 2 heterocycles. The first-order chi connectivity index (χ1) is 31.1. The van der Waals surface area contributed by atoms with Gasteiger partial charge in [0.1, 0.15) is 18.1 Å². The number of hydrogen-bond acceptors (Lipinski definition) is 13. The molecule has 7 N–H and O–H groups in total. The smallest absolute Gasteiger partial charge is 0.328 e. The maximum absolute atomic E-state index is 12.8. The summed E-state index contributed by atoms with van der Waals surface area (Å²) in [5, 5.41) is 23.9. The number of nitrogens with zero attached hydrogens (tertiary/aromatic N) is 3. The normalized spacial score (nSPS) is 18.5. The lowest BCUT2D eigenvalue weighted by Gasteiger charge is -2.32. The molecule has 0 unspecified atom stereocenters. The second kappa shape index (κ2) is 29.7. The Morgan fingerprint density at radius 3 is 1.75 bits per heavy atom. The van der Waals surface area contributed by atoms with Crippen molar-refractivity contribution in [1.29, 1.82) is 0 Å². The number of carbonyl (C=O) groups is 7. The molecule has 0 aromatic carbocycles. The fourth-order valence-electron chi connectivity index (χ4n) is 7.51.